The second-order valence-electron chi connectivity index (χ2n) is 5.17. The van der Waals surface area contributed by atoms with Gasteiger partial charge in [0.1, 0.15) is 5.56 Å². The molecule has 1 aromatic heterocycles. The number of hydrogen-bond donors (Lipinski definition) is 1. The van der Waals surface area contributed by atoms with Crippen LogP contribution in [0.15, 0.2) is 53.3 Å². The number of nitrogens with one attached hydrogen (secondary N) is 1. The van der Waals surface area contributed by atoms with Gasteiger partial charge in [0, 0.05) is 15.9 Å². The second kappa shape index (κ2) is 4.79. The molecule has 1 N–H and O–H groups in total. The van der Waals surface area contributed by atoms with Gasteiger partial charge in [-0.15, -0.1) is 0 Å². The number of halogens is 1. The van der Waals surface area contributed by atoms with Crippen molar-refractivity contribution in [2.75, 3.05) is 4.90 Å². The van der Waals surface area contributed by atoms with Crippen LogP contribution in [0.4, 0.5) is 5.69 Å². The van der Waals surface area contributed by atoms with Crippen molar-refractivity contribution in [3.63, 3.8) is 0 Å². The third-order valence-corrected chi connectivity index (χ3v) is 4.09. The maximum absolute atomic E-state index is 12.8. The number of hydrogen-bond acceptors (Lipinski definition) is 3. The number of aromatic amines is 1. The van der Waals surface area contributed by atoms with E-state index < -0.39 is 17.4 Å². The molecule has 6 heteroatoms. The van der Waals surface area contributed by atoms with Crippen molar-refractivity contribution >= 4 is 40.0 Å². The zero-order valence-electron chi connectivity index (χ0n) is 11.7. The standard InChI is InChI=1S/C17H9ClN2O3/c18-9-5-7-10(8-6-9)20-16(22)13-11-3-1-2-4-12(11)19-15(21)14(13)17(20)23/h1-8H,(H,19,21). The minimum Gasteiger partial charge on any atom is -0.321 e. The van der Waals surface area contributed by atoms with E-state index in [4.69, 9.17) is 11.6 Å². The van der Waals surface area contributed by atoms with Crippen molar-refractivity contribution in [2.24, 2.45) is 0 Å². The molecule has 0 atom stereocenters. The van der Waals surface area contributed by atoms with Crippen LogP contribution >= 0.6 is 11.6 Å². The van der Waals surface area contributed by atoms with Crippen molar-refractivity contribution in [1.82, 2.24) is 4.98 Å². The van der Waals surface area contributed by atoms with Crippen LogP contribution in [0.2, 0.25) is 5.02 Å². The van der Waals surface area contributed by atoms with Crippen LogP contribution in [0.25, 0.3) is 10.9 Å². The number of imide groups is 1. The van der Waals surface area contributed by atoms with E-state index in [1.54, 1.807) is 48.5 Å². The highest BCUT2D eigenvalue weighted by Gasteiger charge is 2.40. The third kappa shape index (κ3) is 1.90. The van der Waals surface area contributed by atoms with Gasteiger partial charge in [-0.05, 0) is 30.3 Å². The van der Waals surface area contributed by atoms with E-state index >= 15 is 0 Å². The van der Waals surface area contributed by atoms with Crippen molar-refractivity contribution in [3.8, 4) is 0 Å². The number of amides is 2. The van der Waals surface area contributed by atoms with Gasteiger partial charge in [-0.25, -0.2) is 4.90 Å². The molecule has 0 unspecified atom stereocenters. The van der Waals surface area contributed by atoms with E-state index in [2.05, 4.69) is 4.98 Å². The monoisotopic (exact) mass is 324 g/mol. The lowest BCUT2D eigenvalue weighted by Crippen LogP contribution is -2.30. The lowest BCUT2D eigenvalue weighted by Gasteiger charge is -2.13. The Kier molecular flexibility index (Phi) is 2.86. The van der Waals surface area contributed by atoms with Crippen LogP contribution < -0.4 is 10.5 Å². The number of anilines is 1. The molecule has 0 spiro atoms. The van der Waals surface area contributed by atoms with Crippen LogP contribution in [-0.4, -0.2) is 16.8 Å². The molecule has 0 bridgehead atoms. The number of para-hydroxylation sites is 1. The number of pyridine rings is 1. The Morgan fingerprint density at radius 1 is 0.826 bits per heavy atom. The van der Waals surface area contributed by atoms with E-state index in [9.17, 15) is 14.4 Å². The average Bonchev–Trinajstić information content (AvgIpc) is 2.81. The summed E-state index contributed by atoms with van der Waals surface area (Å²) in [5, 5.41) is 1.05. The third-order valence-electron chi connectivity index (χ3n) is 3.84. The van der Waals surface area contributed by atoms with Crippen molar-refractivity contribution in [3.05, 3.63) is 75.0 Å². The highest BCUT2D eigenvalue weighted by atomic mass is 35.5. The molecule has 5 nitrogen and oxygen atoms in total. The van der Waals surface area contributed by atoms with Gasteiger partial charge in [-0.2, -0.15) is 0 Å². The Balaban J connectivity index is 1.99. The summed E-state index contributed by atoms with van der Waals surface area (Å²) in [7, 11) is 0. The molecule has 2 amide bonds. The summed E-state index contributed by atoms with van der Waals surface area (Å²) in [6, 6.07) is 13.2. The molecule has 1 aliphatic heterocycles. The summed E-state index contributed by atoms with van der Waals surface area (Å²) >= 11 is 5.84. The highest BCUT2D eigenvalue weighted by molar-refractivity contribution is 6.37. The van der Waals surface area contributed by atoms with Crippen molar-refractivity contribution in [1.29, 1.82) is 0 Å². The summed E-state index contributed by atoms with van der Waals surface area (Å²) in [6.07, 6.45) is 0. The number of fused-ring (bicyclic) bond motifs is 3. The molecule has 0 saturated carbocycles. The predicted octanol–water partition coefficient (Wildman–Crippen LogP) is 2.98. The number of H-pyrrole nitrogens is 1. The topological polar surface area (TPSA) is 70.2 Å². The zero-order chi connectivity index (χ0) is 16.1. The molecule has 0 saturated heterocycles. The molecule has 3 aromatic rings. The first-order valence-electron chi connectivity index (χ1n) is 6.87. The largest absolute Gasteiger partial charge is 0.321 e. The number of aromatic nitrogens is 1. The Hall–Kier alpha value is -2.92. The van der Waals surface area contributed by atoms with E-state index in [1.807, 2.05) is 0 Å². The fourth-order valence-corrected chi connectivity index (χ4v) is 2.94. The zero-order valence-corrected chi connectivity index (χ0v) is 12.4. The summed E-state index contributed by atoms with van der Waals surface area (Å²) in [4.78, 5) is 41.3. The molecule has 1 aliphatic rings. The second-order valence-corrected chi connectivity index (χ2v) is 5.61. The Labute approximate surface area is 135 Å². The summed E-state index contributed by atoms with van der Waals surface area (Å²) < 4.78 is 0. The van der Waals surface area contributed by atoms with Gasteiger partial charge in [0.15, 0.2) is 0 Å². The highest BCUT2D eigenvalue weighted by Crippen LogP contribution is 2.31. The van der Waals surface area contributed by atoms with Gasteiger partial charge in [-0.1, -0.05) is 29.8 Å². The van der Waals surface area contributed by atoms with Crippen LogP contribution in [0.1, 0.15) is 20.7 Å². The number of carbonyl (C=O) groups is 2. The first-order chi connectivity index (χ1) is 11.1. The number of rotatable bonds is 1. The molecule has 0 fully saturated rings. The van der Waals surface area contributed by atoms with Crippen molar-refractivity contribution in [2.45, 2.75) is 0 Å². The SMILES string of the molecule is O=C1c2c(c3ccccc3[nH]c2=O)C(=O)N1c1ccc(Cl)cc1. The molecule has 0 radical (unpaired) electrons. The molecule has 0 aliphatic carbocycles. The van der Waals surface area contributed by atoms with Crippen LogP contribution in [0.5, 0.6) is 0 Å². The summed E-state index contributed by atoms with van der Waals surface area (Å²) in [6.45, 7) is 0. The Morgan fingerprint density at radius 2 is 1.48 bits per heavy atom. The normalized spacial score (nSPS) is 13.7. The first kappa shape index (κ1) is 13.7. The molecular weight excluding hydrogens is 316 g/mol. The fraction of sp³-hybridized carbons (Fsp3) is 0. The maximum atomic E-state index is 12.8. The quantitative estimate of drug-likeness (QED) is 0.700. The first-order valence-corrected chi connectivity index (χ1v) is 7.25. The van der Waals surface area contributed by atoms with Crippen LogP contribution in [-0.2, 0) is 0 Å². The predicted molar refractivity (Wildman–Crippen MR) is 87.2 cm³/mol. The molecule has 2 heterocycles. The van der Waals surface area contributed by atoms with Crippen LogP contribution in [0.3, 0.4) is 0 Å². The van der Waals surface area contributed by atoms with E-state index in [1.165, 1.54) is 0 Å². The number of carbonyl (C=O) groups excluding carboxylic acids is 2. The molecule has 23 heavy (non-hydrogen) atoms. The summed E-state index contributed by atoms with van der Waals surface area (Å²) in [5.74, 6) is -1.13. The number of nitrogens with zero attached hydrogens (tertiary/aromatic N) is 1. The van der Waals surface area contributed by atoms with Gasteiger partial charge in [0.25, 0.3) is 17.4 Å². The van der Waals surface area contributed by atoms with Gasteiger partial charge >= 0.3 is 0 Å². The smallest absolute Gasteiger partial charge is 0.271 e. The van der Waals surface area contributed by atoms with Gasteiger partial charge in [-0.3, -0.25) is 14.4 Å². The van der Waals surface area contributed by atoms with Gasteiger partial charge < -0.3 is 4.98 Å². The Morgan fingerprint density at radius 3 is 2.22 bits per heavy atom. The summed E-state index contributed by atoms with van der Waals surface area (Å²) in [5.41, 5.74) is 0.362. The van der Waals surface area contributed by atoms with Gasteiger partial charge in [0.05, 0.1) is 11.3 Å². The molecule has 2 aromatic carbocycles. The maximum Gasteiger partial charge on any atom is 0.271 e. The minimum atomic E-state index is -0.626. The lowest BCUT2D eigenvalue weighted by atomic mass is 10.1. The number of benzene rings is 2. The van der Waals surface area contributed by atoms with E-state index in [0.717, 1.165) is 4.90 Å². The minimum absolute atomic E-state index is 0.122. The fourth-order valence-electron chi connectivity index (χ4n) is 2.81. The average molecular weight is 325 g/mol. The van der Waals surface area contributed by atoms with Crippen molar-refractivity contribution < 1.29 is 9.59 Å². The van der Waals surface area contributed by atoms with Gasteiger partial charge in [0.2, 0.25) is 0 Å². The lowest BCUT2D eigenvalue weighted by molar-refractivity contribution is 0.0926. The Bertz CT molecular complexity index is 1040. The van der Waals surface area contributed by atoms with E-state index in [-0.39, 0.29) is 11.1 Å². The van der Waals surface area contributed by atoms with E-state index in [0.29, 0.717) is 21.6 Å². The molecule has 112 valence electrons. The van der Waals surface area contributed by atoms with Crippen LogP contribution in [0, 0.1) is 0 Å². The molecule has 4 rings (SSSR count). The molecular formula is C17H9ClN2O3.